The molecule has 0 aliphatic carbocycles. The fourth-order valence-corrected chi connectivity index (χ4v) is 1.23. The number of phenolic OH excluding ortho intramolecular Hbond substituents is 1. The van der Waals surface area contributed by atoms with E-state index in [-0.39, 0.29) is 6.10 Å². The molecule has 2 nitrogen and oxygen atoms in total. The minimum atomic E-state index is 0.138. The Morgan fingerprint density at radius 2 is 1.85 bits per heavy atom. The van der Waals surface area contributed by atoms with Gasteiger partial charge in [-0.3, -0.25) is 0 Å². The zero-order valence-corrected chi connectivity index (χ0v) is 8.59. The Balaban J connectivity index is 3.10. The lowest BCUT2D eigenvalue weighted by Crippen LogP contribution is -2.07. The molecule has 72 valence electrons. The number of hydrogen-bond donors (Lipinski definition) is 1. The highest BCUT2D eigenvalue weighted by Gasteiger charge is 2.08. The molecule has 0 unspecified atom stereocenters. The summed E-state index contributed by atoms with van der Waals surface area (Å²) in [7, 11) is 0. The predicted octanol–water partition coefficient (Wildman–Crippen LogP) is 2.80. The molecule has 0 atom stereocenters. The first kappa shape index (κ1) is 9.90. The maximum Gasteiger partial charge on any atom is 0.129 e. The predicted molar refractivity (Wildman–Crippen MR) is 53.3 cm³/mol. The van der Waals surface area contributed by atoms with Gasteiger partial charge >= 0.3 is 0 Å². The van der Waals surface area contributed by atoms with Crippen LogP contribution >= 0.6 is 0 Å². The van der Waals surface area contributed by atoms with E-state index >= 15 is 0 Å². The van der Waals surface area contributed by atoms with Crippen LogP contribution in [0.5, 0.6) is 11.5 Å². The molecule has 1 aromatic rings. The van der Waals surface area contributed by atoms with Crippen molar-refractivity contribution in [3.05, 3.63) is 23.3 Å². The average molecular weight is 180 g/mol. The van der Waals surface area contributed by atoms with Crippen molar-refractivity contribution in [2.24, 2.45) is 0 Å². The van der Waals surface area contributed by atoms with Crippen molar-refractivity contribution in [3.8, 4) is 11.5 Å². The minimum absolute atomic E-state index is 0.138. The Morgan fingerprint density at radius 3 is 2.38 bits per heavy atom. The highest BCUT2D eigenvalue weighted by Crippen LogP contribution is 2.30. The Hall–Kier alpha value is -1.18. The number of phenols is 1. The molecule has 1 rings (SSSR count). The monoisotopic (exact) mass is 180 g/mol. The summed E-state index contributed by atoms with van der Waals surface area (Å²) in [5.74, 6) is 1.09. The summed E-state index contributed by atoms with van der Waals surface area (Å²) >= 11 is 0. The van der Waals surface area contributed by atoms with Gasteiger partial charge in [-0.05, 0) is 39.3 Å². The summed E-state index contributed by atoms with van der Waals surface area (Å²) in [4.78, 5) is 0. The molecule has 13 heavy (non-hydrogen) atoms. The van der Waals surface area contributed by atoms with Crippen LogP contribution < -0.4 is 4.74 Å². The van der Waals surface area contributed by atoms with Crippen LogP contribution in [0.1, 0.15) is 25.0 Å². The van der Waals surface area contributed by atoms with Gasteiger partial charge in [-0.25, -0.2) is 0 Å². The molecule has 0 saturated carbocycles. The van der Waals surface area contributed by atoms with E-state index in [1.165, 1.54) is 0 Å². The number of rotatable bonds is 2. The molecule has 1 aromatic carbocycles. The summed E-state index contributed by atoms with van der Waals surface area (Å²) in [5, 5.41) is 9.46. The zero-order chi connectivity index (χ0) is 10.0. The molecule has 0 aromatic heterocycles. The molecular weight excluding hydrogens is 164 g/mol. The molecule has 0 saturated heterocycles. The van der Waals surface area contributed by atoms with Gasteiger partial charge in [0.15, 0.2) is 0 Å². The SMILES string of the molecule is Cc1ccc(O)c(C)c1OC(C)C. The van der Waals surface area contributed by atoms with Crippen molar-refractivity contribution in [1.82, 2.24) is 0 Å². The molecule has 0 heterocycles. The summed E-state index contributed by atoms with van der Waals surface area (Å²) in [5.41, 5.74) is 1.87. The van der Waals surface area contributed by atoms with Gasteiger partial charge in [0.1, 0.15) is 11.5 Å². The number of benzene rings is 1. The standard InChI is InChI=1S/C11H16O2/c1-7(2)13-11-8(3)5-6-10(12)9(11)4/h5-7,12H,1-4H3. The van der Waals surface area contributed by atoms with Crippen molar-refractivity contribution >= 4 is 0 Å². The lowest BCUT2D eigenvalue weighted by molar-refractivity contribution is 0.238. The van der Waals surface area contributed by atoms with Crippen LogP contribution in [0.25, 0.3) is 0 Å². The van der Waals surface area contributed by atoms with Crippen LogP contribution in [-0.2, 0) is 0 Å². The third-order valence-electron chi connectivity index (χ3n) is 1.93. The van der Waals surface area contributed by atoms with Crippen molar-refractivity contribution in [2.45, 2.75) is 33.8 Å². The summed E-state index contributed by atoms with van der Waals surface area (Å²) < 4.78 is 5.60. The third-order valence-corrected chi connectivity index (χ3v) is 1.93. The smallest absolute Gasteiger partial charge is 0.129 e. The van der Waals surface area contributed by atoms with E-state index in [1.807, 2.05) is 33.8 Å². The fraction of sp³-hybridized carbons (Fsp3) is 0.455. The second kappa shape index (κ2) is 3.69. The fourth-order valence-electron chi connectivity index (χ4n) is 1.23. The molecule has 0 aliphatic rings. The number of aryl methyl sites for hydroxylation is 1. The van der Waals surface area contributed by atoms with Crippen LogP contribution in [0.4, 0.5) is 0 Å². The van der Waals surface area contributed by atoms with E-state index < -0.39 is 0 Å². The van der Waals surface area contributed by atoms with Crippen LogP contribution in [0.15, 0.2) is 12.1 Å². The minimum Gasteiger partial charge on any atom is -0.508 e. The van der Waals surface area contributed by atoms with Crippen molar-refractivity contribution in [2.75, 3.05) is 0 Å². The van der Waals surface area contributed by atoms with E-state index in [9.17, 15) is 5.11 Å². The molecule has 0 fully saturated rings. The first-order valence-electron chi connectivity index (χ1n) is 4.48. The highest BCUT2D eigenvalue weighted by molar-refractivity contribution is 5.47. The van der Waals surface area contributed by atoms with E-state index in [0.717, 1.165) is 16.9 Å². The lowest BCUT2D eigenvalue weighted by Gasteiger charge is -2.15. The summed E-state index contributed by atoms with van der Waals surface area (Å²) in [6.07, 6.45) is 0.138. The van der Waals surface area contributed by atoms with Gasteiger partial charge in [-0.1, -0.05) is 6.07 Å². The van der Waals surface area contributed by atoms with Gasteiger partial charge in [-0.2, -0.15) is 0 Å². The number of hydrogen-bond acceptors (Lipinski definition) is 2. The van der Waals surface area contributed by atoms with Crippen molar-refractivity contribution in [1.29, 1.82) is 0 Å². The molecule has 0 amide bonds. The van der Waals surface area contributed by atoms with Gasteiger partial charge < -0.3 is 9.84 Å². The zero-order valence-electron chi connectivity index (χ0n) is 8.59. The van der Waals surface area contributed by atoms with Crippen LogP contribution in [0.2, 0.25) is 0 Å². The van der Waals surface area contributed by atoms with Crippen LogP contribution in [-0.4, -0.2) is 11.2 Å². The average Bonchev–Trinajstić information content (AvgIpc) is 2.05. The summed E-state index contributed by atoms with van der Waals surface area (Å²) in [6, 6.07) is 3.55. The molecule has 1 N–H and O–H groups in total. The van der Waals surface area contributed by atoms with Gasteiger partial charge in [0.25, 0.3) is 0 Å². The first-order chi connectivity index (χ1) is 6.02. The first-order valence-corrected chi connectivity index (χ1v) is 4.48. The molecule has 0 aliphatic heterocycles. The van der Waals surface area contributed by atoms with E-state index in [1.54, 1.807) is 6.07 Å². The second-order valence-corrected chi connectivity index (χ2v) is 3.52. The number of aromatic hydroxyl groups is 1. The molecule has 0 bridgehead atoms. The molecule has 0 spiro atoms. The largest absolute Gasteiger partial charge is 0.508 e. The van der Waals surface area contributed by atoms with Crippen molar-refractivity contribution in [3.63, 3.8) is 0 Å². The highest BCUT2D eigenvalue weighted by atomic mass is 16.5. The Labute approximate surface area is 79.2 Å². The topological polar surface area (TPSA) is 29.5 Å². The Bertz CT molecular complexity index is 303. The second-order valence-electron chi connectivity index (χ2n) is 3.52. The van der Waals surface area contributed by atoms with Gasteiger partial charge in [-0.15, -0.1) is 0 Å². The Kier molecular flexibility index (Phi) is 2.81. The van der Waals surface area contributed by atoms with Crippen LogP contribution in [0.3, 0.4) is 0 Å². The molecule has 0 radical (unpaired) electrons. The lowest BCUT2D eigenvalue weighted by atomic mass is 10.1. The van der Waals surface area contributed by atoms with E-state index in [4.69, 9.17) is 4.74 Å². The van der Waals surface area contributed by atoms with Crippen molar-refractivity contribution < 1.29 is 9.84 Å². The maximum absolute atomic E-state index is 9.46. The molecule has 2 heteroatoms. The third kappa shape index (κ3) is 2.14. The van der Waals surface area contributed by atoms with Gasteiger partial charge in [0.2, 0.25) is 0 Å². The maximum atomic E-state index is 9.46. The Morgan fingerprint density at radius 1 is 1.23 bits per heavy atom. The quantitative estimate of drug-likeness (QED) is 0.758. The molecular formula is C11H16O2. The van der Waals surface area contributed by atoms with Gasteiger partial charge in [0.05, 0.1) is 6.10 Å². The summed E-state index contributed by atoms with van der Waals surface area (Å²) in [6.45, 7) is 7.79. The number of ether oxygens (including phenoxy) is 1. The normalized spacial score (nSPS) is 10.5. The van der Waals surface area contributed by atoms with E-state index in [2.05, 4.69) is 0 Å². The van der Waals surface area contributed by atoms with Gasteiger partial charge in [0, 0.05) is 5.56 Å². The van der Waals surface area contributed by atoms with Crippen LogP contribution in [0, 0.1) is 13.8 Å². The van der Waals surface area contributed by atoms with E-state index in [0.29, 0.717) is 5.75 Å².